The highest BCUT2D eigenvalue weighted by Gasteiger charge is 2.16. The lowest BCUT2D eigenvalue weighted by molar-refractivity contribution is -0.118. The van der Waals surface area contributed by atoms with Crippen LogP contribution in [0.15, 0.2) is 12.4 Å². The van der Waals surface area contributed by atoms with Crippen LogP contribution < -0.4 is 10.2 Å². The Morgan fingerprint density at radius 3 is 2.79 bits per heavy atom. The van der Waals surface area contributed by atoms with E-state index in [1.807, 2.05) is 6.07 Å². The predicted octanol–water partition coefficient (Wildman–Crippen LogP) is -0.451. The van der Waals surface area contributed by atoms with Crippen molar-refractivity contribution >= 4 is 18.0 Å². The number of rotatable bonds is 6. The molecule has 0 aromatic carbocycles. The minimum absolute atomic E-state index is 0.165. The third kappa shape index (κ3) is 3.78. The van der Waals surface area contributed by atoms with Crippen LogP contribution in [0, 0.1) is 0 Å². The van der Waals surface area contributed by atoms with Crippen LogP contribution in [0.5, 0.6) is 0 Å². The summed E-state index contributed by atoms with van der Waals surface area (Å²) in [4.78, 5) is 23.0. The number of aliphatic hydroxyl groups excluding tert-OH is 1. The highest BCUT2D eigenvalue weighted by Crippen LogP contribution is 2.15. The Hall–Kier alpha value is -1.89. The summed E-state index contributed by atoms with van der Waals surface area (Å²) in [7, 11) is 0. The second kappa shape index (κ2) is 6.89. The third-order valence-corrected chi connectivity index (χ3v) is 3.08. The third-order valence-electron chi connectivity index (χ3n) is 3.08. The summed E-state index contributed by atoms with van der Waals surface area (Å²) in [5.74, 6) is 1.63. The number of piperazine rings is 1. The molecule has 0 bridgehead atoms. The van der Waals surface area contributed by atoms with Gasteiger partial charge in [-0.05, 0) is 6.42 Å². The number of aliphatic hydroxyl groups is 1. The fourth-order valence-corrected chi connectivity index (χ4v) is 1.97. The van der Waals surface area contributed by atoms with E-state index in [1.54, 1.807) is 4.90 Å². The smallest absolute Gasteiger partial charge is 0.209 e. The first-order valence-corrected chi connectivity index (χ1v) is 6.44. The van der Waals surface area contributed by atoms with Gasteiger partial charge in [-0.2, -0.15) is 0 Å². The van der Waals surface area contributed by atoms with E-state index in [9.17, 15) is 4.79 Å². The molecule has 7 heteroatoms. The molecule has 1 aromatic rings. The van der Waals surface area contributed by atoms with E-state index < -0.39 is 0 Å². The Balaban J connectivity index is 1.93. The van der Waals surface area contributed by atoms with Gasteiger partial charge >= 0.3 is 0 Å². The highest BCUT2D eigenvalue weighted by atomic mass is 16.3. The average Bonchev–Trinajstić information content (AvgIpc) is 2.48. The molecule has 1 aromatic heterocycles. The van der Waals surface area contributed by atoms with Gasteiger partial charge in [0.15, 0.2) is 0 Å². The molecule has 0 atom stereocenters. The Bertz CT molecular complexity index is 407. The lowest BCUT2D eigenvalue weighted by Gasteiger charge is -2.33. The minimum atomic E-state index is 0.165. The zero-order valence-electron chi connectivity index (χ0n) is 10.8. The van der Waals surface area contributed by atoms with Crippen molar-refractivity contribution in [3.63, 3.8) is 0 Å². The summed E-state index contributed by atoms with van der Waals surface area (Å²) in [5, 5.41) is 11.9. The Kier molecular flexibility index (Phi) is 4.91. The van der Waals surface area contributed by atoms with E-state index in [4.69, 9.17) is 5.11 Å². The first-order chi connectivity index (χ1) is 9.33. The Labute approximate surface area is 112 Å². The maximum Gasteiger partial charge on any atom is 0.209 e. The maximum atomic E-state index is 10.7. The van der Waals surface area contributed by atoms with Gasteiger partial charge in [0.05, 0.1) is 0 Å². The molecule has 1 aliphatic rings. The SMILES string of the molecule is O=CN1CCN(c2cc(NCCCO)ncn2)CC1. The second-order valence-electron chi connectivity index (χ2n) is 4.39. The summed E-state index contributed by atoms with van der Waals surface area (Å²) in [6.45, 7) is 3.86. The largest absolute Gasteiger partial charge is 0.396 e. The summed E-state index contributed by atoms with van der Waals surface area (Å²) in [6.07, 6.45) is 3.11. The van der Waals surface area contributed by atoms with E-state index in [0.29, 0.717) is 13.0 Å². The molecule has 104 valence electrons. The van der Waals surface area contributed by atoms with Gasteiger partial charge in [0.1, 0.15) is 18.0 Å². The first kappa shape index (κ1) is 13.5. The molecule has 0 spiro atoms. The van der Waals surface area contributed by atoms with E-state index in [1.165, 1.54) is 6.33 Å². The summed E-state index contributed by atoms with van der Waals surface area (Å²) in [5.41, 5.74) is 0. The number of carbonyl (C=O) groups excluding carboxylic acids is 1. The first-order valence-electron chi connectivity index (χ1n) is 6.44. The van der Waals surface area contributed by atoms with Crippen LogP contribution in [0.2, 0.25) is 0 Å². The molecule has 7 nitrogen and oxygen atoms in total. The van der Waals surface area contributed by atoms with Gasteiger partial charge in [0.25, 0.3) is 0 Å². The summed E-state index contributed by atoms with van der Waals surface area (Å²) in [6, 6.07) is 1.90. The summed E-state index contributed by atoms with van der Waals surface area (Å²) >= 11 is 0. The molecular formula is C12H19N5O2. The van der Waals surface area contributed by atoms with Crippen molar-refractivity contribution in [3.05, 3.63) is 12.4 Å². The van der Waals surface area contributed by atoms with Gasteiger partial charge in [-0.15, -0.1) is 0 Å². The topological polar surface area (TPSA) is 81.6 Å². The van der Waals surface area contributed by atoms with Crippen molar-refractivity contribution in [1.29, 1.82) is 0 Å². The molecule has 0 radical (unpaired) electrons. The molecule has 1 saturated heterocycles. The standard InChI is InChI=1S/C12H19N5O2/c18-7-1-2-13-11-8-12(15-9-14-11)17-5-3-16(10-19)4-6-17/h8-10,18H,1-7H2,(H,13,14,15). The number of aromatic nitrogens is 2. The van der Waals surface area contributed by atoms with Gasteiger partial charge in [-0.25, -0.2) is 9.97 Å². The van der Waals surface area contributed by atoms with Crippen molar-refractivity contribution in [1.82, 2.24) is 14.9 Å². The van der Waals surface area contributed by atoms with Crippen molar-refractivity contribution in [2.45, 2.75) is 6.42 Å². The number of nitrogens with one attached hydrogen (secondary N) is 1. The zero-order chi connectivity index (χ0) is 13.5. The molecule has 2 heterocycles. The molecule has 0 aliphatic carbocycles. The van der Waals surface area contributed by atoms with Gasteiger partial charge in [0, 0.05) is 45.4 Å². The molecular weight excluding hydrogens is 246 g/mol. The van der Waals surface area contributed by atoms with Crippen LogP contribution >= 0.6 is 0 Å². The molecule has 2 N–H and O–H groups in total. The molecule has 1 aliphatic heterocycles. The van der Waals surface area contributed by atoms with Crippen molar-refractivity contribution in [2.75, 3.05) is 49.5 Å². The van der Waals surface area contributed by atoms with Crippen LogP contribution in [-0.4, -0.2) is 65.7 Å². The second-order valence-corrected chi connectivity index (χ2v) is 4.39. The fraction of sp³-hybridized carbons (Fsp3) is 0.583. The lowest BCUT2D eigenvalue weighted by Crippen LogP contribution is -2.46. The number of carbonyl (C=O) groups is 1. The Morgan fingerprint density at radius 2 is 2.11 bits per heavy atom. The van der Waals surface area contributed by atoms with Gasteiger partial charge in [-0.3, -0.25) is 4.79 Å². The van der Waals surface area contributed by atoms with Crippen LogP contribution in [0.3, 0.4) is 0 Å². The highest BCUT2D eigenvalue weighted by molar-refractivity contribution is 5.51. The quantitative estimate of drug-likeness (QED) is 0.535. The number of amides is 1. The number of hydrogen-bond donors (Lipinski definition) is 2. The lowest BCUT2D eigenvalue weighted by atomic mass is 10.3. The summed E-state index contributed by atoms with van der Waals surface area (Å²) < 4.78 is 0. The van der Waals surface area contributed by atoms with Crippen LogP contribution in [0.1, 0.15) is 6.42 Å². The Morgan fingerprint density at radius 1 is 1.32 bits per heavy atom. The van der Waals surface area contributed by atoms with E-state index in [0.717, 1.165) is 44.2 Å². The molecule has 1 fully saturated rings. The molecule has 0 saturated carbocycles. The van der Waals surface area contributed by atoms with Crippen molar-refractivity contribution in [2.24, 2.45) is 0 Å². The van der Waals surface area contributed by atoms with E-state index in [-0.39, 0.29) is 6.61 Å². The molecule has 0 unspecified atom stereocenters. The molecule has 1 amide bonds. The monoisotopic (exact) mass is 265 g/mol. The van der Waals surface area contributed by atoms with Gasteiger partial charge in [0.2, 0.25) is 6.41 Å². The van der Waals surface area contributed by atoms with Crippen molar-refractivity contribution in [3.8, 4) is 0 Å². The fourth-order valence-electron chi connectivity index (χ4n) is 1.97. The predicted molar refractivity (Wildman–Crippen MR) is 72.1 cm³/mol. The average molecular weight is 265 g/mol. The number of anilines is 2. The van der Waals surface area contributed by atoms with Gasteiger partial charge in [-0.1, -0.05) is 0 Å². The van der Waals surface area contributed by atoms with Crippen LogP contribution in [-0.2, 0) is 4.79 Å². The van der Waals surface area contributed by atoms with Crippen molar-refractivity contribution < 1.29 is 9.90 Å². The van der Waals surface area contributed by atoms with E-state index in [2.05, 4.69) is 20.2 Å². The normalized spacial score (nSPS) is 15.4. The number of nitrogens with zero attached hydrogens (tertiary/aromatic N) is 4. The maximum absolute atomic E-state index is 10.7. The minimum Gasteiger partial charge on any atom is -0.396 e. The van der Waals surface area contributed by atoms with Gasteiger partial charge < -0.3 is 20.2 Å². The zero-order valence-corrected chi connectivity index (χ0v) is 10.8. The molecule has 19 heavy (non-hydrogen) atoms. The number of hydrogen-bond acceptors (Lipinski definition) is 6. The molecule has 2 rings (SSSR count). The van der Waals surface area contributed by atoms with Crippen LogP contribution in [0.25, 0.3) is 0 Å². The van der Waals surface area contributed by atoms with Crippen LogP contribution in [0.4, 0.5) is 11.6 Å². The van der Waals surface area contributed by atoms with E-state index >= 15 is 0 Å².